The van der Waals surface area contributed by atoms with E-state index in [4.69, 9.17) is 18.9 Å². The minimum Gasteiger partial charge on any atom is -0.495 e. The second-order valence-corrected chi connectivity index (χ2v) is 6.90. The lowest BCUT2D eigenvalue weighted by Gasteiger charge is -2.16. The molecule has 1 aromatic heterocycles. The molecule has 0 unspecified atom stereocenters. The summed E-state index contributed by atoms with van der Waals surface area (Å²) < 4.78 is 23.3. The number of ether oxygens (including phenoxy) is 4. The molecule has 2 aromatic carbocycles. The molecule has 0 spiro atoms. The fourth-order valence-electron chi connectivity index (χ4n) is 3.12. The number of nitrogens with one attached hydrogen (secondary N) is 1. The molecule has 32 heavy (non-hydrogen) atoms. The number of amides is 1. The Kier molecular flexibility index (Phi) is 7.16. The number of anilines is 1. The van der Waals surface area contributed by atoms with Crippen molar-refractivity contribution in [1.82, 2.24) is 15.0 Å². The van der Waals surface area contributed by atoms with Crippen LogP contribution < -0.4 is 24.3 Å². The van der Waals surface area contributed by atoms with Crippen molar-refractivity contribution in [2.75, 3.05) is 40.4 Å². The third-order valence-electron chi connectivity index (χ3n) is 4.92. The van der Waals surface area contributed by atoms with E-state index >= 15 is 0 Å². The molecule has 1 atom stereocenters. The summed E-state index contributed by atoms with van der Waals surface area (Å²) in [4.78, 5) is 12.3. The van der Waals surface area contributed by atoms with Crippen molar-refractivity contribution in [3.8, 4) is 39.9 Å². The summed E-state index contributed by atoms with van der Waals surface area (Å²) in [6, 6.07) is 8.82. The van der Waals surface area contributed by atoms with Crippen molar-refractivity contribution < 1.29 is 28.8 Å². The lowest BCUT2D eigenvalue weighted by molar-refractivity contribution is -0.120. The number of carbonyl (C=O) groups is 1. The van der Waals surface area contributed by atoms with Crippen molar-refractivity contribution in [2.24, 2.45) is 5.92 Å². The van der Waals surface area contributed by atoms with Crippen molar-refractivity contribution in [2.45, 2.75) is 6.92 Å². The van der Waals surface area contributed by atoms with E-state index in [0.717, 1.165) is 5.56 Å². The number of aromatic nitrogens is 3. The zero-order chi connectivity index (χ0) is 23.3. The number of benzene rings is 2. The first kappa shape index (κ1) is 22.9. The van der Waals surface area contributed by atoms with E-state index in [9.17, 15) is 9.90 Å². The fourth-order valence-corrected chi connectivity index (χ4v) is 3.12. The SMILES string of the molecule is COc1ccc(-n2nncc2-c2cc(OC)c(OC)c(OC)c2)cc1NC(=O)[C@@H](C)CO. The van der Waals surface area contributed by atoms with Crippen LogP contribution in [0.1, 0.15) is 6.92 Å². The standard InChI is InChI=1S/C22H26N4O6/c1-13(12-27)22(28)24-16-10-15(6-7-18(16)29-2)26-17(11-23-25-26)14-8-19(30-3)21(32-5)20(9-14)31-4/h6-11,13,27H,12H2,1-5H3,(H,24,28)/t13-/m0/s1. The topological polar surface area (TPSA) is 117 Å². The van der Waals surface area contributed by atoms with Crippen LogP contribution in [0.2, 0.25) is 0 Å². The summed E-state index contributed by atoms with van der Waals surface area (Å²) in [6.45, 7) is 1.37. The molecule has 2 N–H and O–H groups in total. The Hall–Kier alpha value is -3.79. The largest absolute Gasteiger partial charge is 0.495 e. The summed E-state index contributed by atoms with van der Waals surface area (Å²) in [5.41, 5.74) is 2.48. The number of methoxy groups -OCH3 is 4. The van der Waals surface area contributed by atoms with Gasteiger partial charge in [-0.3, -0.25) is 4.79 Å². The fraction of sp³-hybridized carbons (Fsp3) is 0.318. The van der Waals surface area contributed by atoms with E-state index in [1.165, 1.54) is 14.2 Å². The van der Waals surface area contributed by atoms with Crippen LogP contribution in [0.15, 0.2) is 36.5 Å². The Labute approximate surface area is 185 Å². The summed E-state index contributed by atoms with van der Waals surface area (Å²) >= 11 is 0. The van der Waals surface area contributed by atoms with E-state index in [2.05, 4.69) is 15.6 Å². The highest BCUT2D eigenvalue weighted by atomic mass is 16.5. The summed E-state index contributed by atoms with van der Waals surface area (Å²) in [5.74, 6) is 1.05. The zero-order valence-electron chi connectivity index (χ0n) is 18.6. The first-order valence-corrected chi connectivity index (χ1v) is 9.78. The lowest BCUT2D eigenvalue weighted by atomic mass is 10.1. The lowest BCUT2D eigenvalue weighted by Crippen LogP contribution is -2.23. The monoisotopic (exact) mass is 442 g/mol. The average Bonchev–Trinajstić information content (AvgIpc) is 3.32. The molecule has 0 bridgehead atoms. The Balaban J connectivity index is 2.07. The van der Waals surface area contributed by atoms with Crippen molar-refractivity contribution in [1.29, 1.82) is 0 Å². The van der Waals surface area contributed by atoms with Gasteiger partial charge in [0.15, 0.2) is 11.5 Å². The maximum atomic E-state index is 12.3. The molecule has 0 fully saturated rings. The number of nitrogens with zero attached hydrogens (tertiary/aromatic N) is 3. The average molecular weight is 442 g/mol. The minimum atomic E-state index is -0.565. The van der Waals surface area contributed by atoms with Gasteiger partial charge in [0.05, 0.1) is 64.2 Å². The van der Waals surface area contributed by atoms with E-state index in [1.54, 1.807) is 62.4 Å². The number of hydrogen-bond donors (Lipinski definition) is 2. The van der Waals surface area contributed by atoms with Gasteiger partial charge in [0, 0.05) is 5.56 Å². The van der Waals surface area contributed by atoms with Crippen molar-refractivity contribution in [3.63, 3.8) is 0 Å². The Morgan fingerprint density at radius 1 is 1.03 bits per heavy atom. The molecule has 3 aromatic rings. The highest BCUT2D eigenvalue weighted by Crippen LogP contribution is 2.41. The molecule has 170 valence electrons. The molecular weight excluding hydrogens is 416 g/mol. The highest BCUT2D eigenvalue weighted by molar-refractivity contribution is 5.94. The van der Waals surface area contributed by atoms with Gasteiger partial charge in [-0.15, -0.1) is 5.10 Å². The molecule has 10 nitrogen and oxygen atoms in total. The van der Waals surface area contributed by atoms with Crippen LogP contribution in [0.5, 0.6) is 23.0 Å². The molecule has 0 radical (unpaired) electrons. The number of carbonyl (C=O) groups excluding carboxylic acids is 1. The number of aliphatic hydroxyl groups excluding tert-OH is 1. The van der Waals surface area contributed by atoms with Crippen LogP contribution in [-0.2, 0) is 4.79 Å². The summed E-state index contributed by atoms with van der Waals surface area (Å²) in [5, 5.41) is 20.3. The molecule has 0 saturated carbocycles. The van der Waals surface area contributed by atoms with Gasteiger partial charge in [0.2, 0.25) is 11.7 Å². The quantitative estimate of drug-likeness (QED) is 0.519. The van der Waals surface area contributed by atoms with E-state index in [0.29, 0.717) is 40.1 Å². The number of rotatable bonds is 9. The number of hydrogen-bond acceptors (Lipinski definition) is 8. The van der Waals surface area contributed by atoms with Crippen molar-refractivity contribution in [3.05, 3.63) is 36.5 Å². The van der Waals surface area contributed by atoms with E-state index in [1.807, 2.05) is 0 Å². The van der Waals surface area contributed by atoms with Crippen LogP contribution in [0.3, 0.4) is 0 Å². The predicted molar refractivity (Wildman–Crippen MR) is 118 cm³/mol. The molecule has 10 heteroatoms. The third kappa shape index (κ3) is 4.45. The maximum absolute atomic E-state index is 12.3. The smallest absolute Gasteiger partial charge is 0.229 e. The molecule has 0 aliphatic heterocycles. The van der Waals surface area contributed by atoms with Gasteiger partial charge in [0.25, 0.3) is 0 Å². The molecule has 3 rings (SSSR count). The predicted octanol–water partition coefficient (Wildman–Crippen LogP) is 2.54. The molecular formula is C22H26N4O6. The Bertz CT molecular complexity index is 1070. The Morgan fingerprint density at radius 2 is 1.69 bits per heavy atom. The first-order valence-electron chi connectivity index (χ1n) is 9.78. The molecule has 0 saturated heterocycles. The highest BCUT2D eigenvalue weighted by Gasteiger charge is 2.19. The first-order chi connectivity index (χ1) is 15.5. The second-order valence-electron chi connectivity index (χ2n) is 6.90. The Morgan fingerprint density at radius 3 is 2.25 bits per heavy atom. The van der Waals surface area contributed by atoms with Gasteiger partial charge in [-0.1, -0.05) is 12.1 Å². The van der Waals surface area contributed by atoms with Crippen molar-refractivity contribution >= 4 is 11.6 Å². The number of aliphatic hydroxyl groups is 1. The minimum absolute atomic E-state index is 0.262. The zero-order valence-corrected chi connectivity index (χ0v) is 18.6. The third-order valence-corrected chi connectivity index (χ3v) is 4.92. The molecule has 1 amide bonds. The van der Waals surface area contributed by atoms with Crippen LogP contribution in [-0.4, -0.2) is 61.1 Å². The van der Waals surface area contributed by atoms with Crippen LogP contribution in [0.25, 0.3) is 16.9 Å². The van der Waals surface area contributed by atoms with Gasteiger partial charge < -0.3 is 29.4 Å². The van der Waals surface area contributed by atoms with Gasteiger partial charge in [-0.05, 0) is 30.3 Å². The molecule has 0 aliphatic rings. The van der Waals surface area contributed by atoms with Crippen LogP contribution >= 0.6 is 0 Å². The molecule has 1 heterocycles. The van der Waals surface area contributed by atoms with Crippen LogP contribution in [0, 0.1) is 5.92 Å². The van der Waals surface area contributed by atoms with Gasteiger partial charge in [0.1, 0.15) is 5.75 Å². The molecule has 0 aliphatic carbocycles. The van der Waals surface area contributed by atoms with E-state index < -0.39 is 5.92 Å². The second kappa shape index (κ2) is 10.0. The van der Waals surface area contributed by atoms with Gasteiger partial charge in [-0.2, -0.15) is 0 Å². The normalized spacial score (nSPS) is 11.6. The van der Waals surface area contributed by atoms with Gasteiger partial charge >= 0.3 is 0 Å². The summed E-state index contributed by atoms with van der Waals surface area (Å²) in [6.07, 6.45) is 1.61. The van der Waals surface area contributed by atoms with E-state index in [-0.39, 0.29) is 12.5 Å². The summed E-state index contributed by atoms with van der Waals surface area (Å²) in [7, 11) is 6.14. The maximum Gasteiger partial charge on any atom is 0.229 e. The van der Waals surface area contributed by atoms with Gasteiger partial charge in [-0.25, -0.2) is 4.68 Å². The van der Waals surface area contributed by atoms with Crippen LogP contribution in [0.4, 0.5) is 5.69 Å².